The topological polar surface area (TPSA) is 66.4 Å². The molecule has 0 aliphatic rings. The maximum atomic E-state index is 12.7. The molecule has 0 aliphatic carbocycles. The van der Waals surface area contributed by atoms with Crippen molar-refractivity contribution in [3.05, 3.63) is 66.0 Å². The van der Waals surface area contributed by atoms with Gasteiger partial charge in [-0.2, -0.15) is 0 Å². The fraction of sp³-hybridized carbons (Fsp3) is 0.476. The maximum Gasteiger partial charge on any atom is 0.136 e. The molecular weight excluding hydrogens is 360 g/mol. The Kier molecular flexibility index (Phi) is 8.73. The van der Waals surface area contributed by atoms with E-state index in [4.69, 9.17) is 9.47 Å². The van der Waals surface area contributed by atoms with Gasteiger partial charge in [0.1, 0.15) is 10.9 Å². The number of methoxy groups -OCH3 is 1. The second kappa shape index (κ2) is 10.8. The van der Waals surface area contributed by atoms with Crippen LogP contribution in [0.1, 0.15) is 32.0 Å². The molecule has 27 heavy (non-hydrogen) atoms. The van der Waals surface area contributed by atoms with E-state index in [0.29, 0.717) is 19.6 Å². The molecule has 1 N–H and O–H groups in total. The molecule has 0 radical (unpaired) electrons. The Bertz CT molecular complexity index is 649. The van der Waals surface area contributed by atoms with Gasteiger partial charge in [-0.05, 0) is 38.5 Å². The lowest BCUT2D eigenvalue weighted by Crippen LogP contribution is -2.52. The van der Waals surface area contributed by atoms with Gasteiger partial charge in [0.15, 0.2) is 0 Å². The van der Waals surface area contributed by atoms with Gasteiger partial charge in [-0.25, -0.2) is 0 Å². The number of nitrogens with one attached hydrogen (secondary N) is 1. The highest BCUT2D eigenvalue weighted by Crippen LogP contribution is 2.17. The molecule has 0 saturated carbocycles. The Hall–Kier alpha value is -1.44. The van der Waals surface area contributed by atoms with Gasteiger partial charge in [0.25, 0.3) is 0 Å². The van der Waals surface area contributed by atoms with Crippen LogP contribution in [0.4, 0.5) is 0 Å². The highest BCUT2D eigenvalue weighted by atomic mass is 32.2. The third-order valence-electron chi connectivity index (χ3n) is 4.12. The molecule has 0 bridgehead atoms. The predicted octanol–water partition coefficient (Wildman–Crippen LogP) is 3.28. The fourth-order valence-electron chi connectivity index (χ4n) is 2.52. The third-order valence-corrected chi connectivity index (χ3v) is 5.74. The van der Waals surface area contributed by atoms with Crippen LogP contribution in [0.25, 0.3) is 0 Å². The van der Waals surface area contributed by atoms with E-state index in [2.05, 4.69) is 9.71 Å². The van der Waals surface area contributed by atoms with Gasteiger partial charge in [0.2, 0.25) is 0 Å². The van der Waals surface area contributed by atoms with Crippen molar-refractivity contribution >= 4 is 11.4 Å². The molecule has 0 aliphatic heterocycles. The van der Waals surface area contributed by atoms with E-state index in [1.54, 1.807) is 13.3 Å². The lowest BCUT2D eigenvalue weighted by molar-refractivity contribution is -0.0134. The molecule has 0 spiro atoms. The molecule has 1 aromatic carbocycles. The van der Waals surface area contributed by atoms with Crippen LogP contribution >= 0.6 is 0 Å². The summed E-state index contributed by atoms with van der Waals surface area (Å²) in [6.45, 7) is 6.75. The van der Waals surface area contributed by atoms with Gasteiger partial charge < -0.3 is 14.0 Å². The third kappa shape index (κ3) is 7.60. The number of rotatable bonds is 10. The molecule has 0 saturated heterocycles. The fourth-order valence-corrected chi connectivity index (χ4v) is 3.39. The van der Waals surface area contributed by atoms with Gasteiger partial charge >= 0.3 is 0 Å². The van der Waals surface area contributed by atoms with Crippen LogP contribution in [0.2, 0.25) is 0 Å². The zero-order valence-electron chi connectivity index (χ0n) is 16.6. The number of hydrogen-bond donors (Lipinski definition) is 1. The Morgan fingerprint density at radius 1 is 1.11 bits per heavy atom. The lowest BCUT2D eigenvalue weighted by Gasteiger charge is -2.31. The molecule has 1 aromatic heterocycles. The van der Waals surface area contributed by atoms with E-state index in [9.17, 15) is 4.55 Å². The first-order valence-corrected chi connectivity index (χ1v) is 10.3. The summed E-state index contributed by atoms with van der Waals surface area (Å²) in [5.41, 5.74) is 2.03. The smallest absolute Gasteiger partial charge is 0.136 e. The Morgan fingerprint density at radius 2 is 1.81 bits per heavy atom. The quantitative estimate of drug-likeness (QED) is 0.631. The molecule has 5 nitrogen and oxygen atoms in total. The Balaban J connectivity index is 2.03. The van der Waals surface area contributed by atoms with E-state index in [1.807, 2.05) is 69.3 Å². The first-order chi connectivity index (χ1) is 12.9. The van der Waals surface area contributed by atoms with Crippen molar-refractivity contribution in [2.75, 3.05) is 13.7 Å². The number of hydrogen-bond acceptors (Lipinski definition) is 5. The minimum atomic E-state index is -1.22. The van der Waals surface area contributed by atoms with Gasteiger partial charge in [0.05, 0.1) is 19.3 Å². The number of aromatic nitrogens is 1. The van der Waals surface area contributed by atoms with E-state index in [0.717, 1.165) is 11.3 Å². The van der Waals surface area contributed by atoms with Gasteiger partial charge in [-0.1, -0.05) is 36.4 Å². The van der Waals surface area contributed by atoms with Crippen LogP contribution in [0.3, 0.4) is 0 Å². The molecule has 2 rings (SSSR count). The maximum absolute atomic E-state index is 12.7. The van der Waals surface area contributed by atoms with E-state index in [-0.39, 0.29) is 16.9 Å². The summed E-state index contributed by atoms with van der Waals surface area (Å²) in [6.07, 6.45) is 2.12. The molecule has 0 amide bonds. The lowest BCUT2D eigenvalue weighted by atomic mass is 10.1. The normalized spacial score (nSPS) is 15.3. The van der Waals surface area contributed by atoms with Crippen LogP contribution in [-0.2, 0) is 33.9 Å². The zero-order valence-corrected chi connectivity index (χ0v) is 17.4. The van der Waals surface area contributed by atoms with Crippen LogP contribution < -0.4 is 4.72 Å². The van der Waals surface area contributed by atoms with Crippen LogP contribution in [0, 0.1) is 0 Å². The number of benzene rings is 1. The zero-order chi connectivity index (χ0) is 19.7. The van der Waals surface area contributed by atoms with Crippen LogP contribution in [-0.4, -0.2) is 40.1 Å². The minimum Gasteiger partial charge on any atom is -0.598 e. The van der Waals surface area contributed by atoms with Gasteiger partial charge in [-0.3, -0.25) is 4.98 Å². The average Bonchev–Trinajstić information content (AvgIpc) is 2.65. The SMILES string of the molecule is COC(COCc1ccccc1)C(Cc1ccccn1)N[S@+]([O-])C(C)(C)C. The molecule has 2 aromatic rings. The number of nitrogens with zero attached hydrogens (tertiary/aromatic N) is 1. The molecule has 0 fully saturated rings. The van der Waals surface area contributed by atoms with E-state index >= 15 is 0 Å². The van der Waals surface area contributed by atoms with Crippen molar-refractivity contribution in [2.45, 2.75) is 50.7 Å². The summed E-state index contributed by atoms with van der Waals surface area (Å²) in [4.78, 5) is 4.40. The summed E-state index contributed by atoms with van der Waals surface area (Å²) in [5, 5.41) is 0. The first-order valence-electron chi connectivity index (χ1n) is 9.12. The predicted molar refractivity (Wildman–Crippen MR) is 110 cm³/mol. The van der Waals surface area contributed by atoms with E-state index < -0.39 is 11.4 Å². The standard InChI is InChI=1S/C21H30N2O3S/c1-21(2,3)27(24)23-19(14-18-12-8-9-13-22-18)20(25-4)16-26-15-17-10-6-5-7-11-17/h5-13,19-20,23H,14-16H2,1-4H3/t19?,20?,27-/m1/s1. The monoisotopic (exact) mass is 390 g/mol. The van der Waals surface area contributed by atoms with Crippen molar-refractivity contribution in [3.8, 4) is 0 Å². The number of ether oxygens (including phenoxy) is 2. The van der Waals surface area contributed by atoms with Crippen LogP contribution in [0.15, 0.2) is 54.7 Å². The minimum absolute atomic E-state index is 0.180. The molecule has 2 unspecified atom stereocenters. The van der Waals surface area contributed by atoms with Crippen molar-refractivity contribution in [1.29, 1.82) is 0 Å². The summed E-state index contributed by atoms with van der Waals surface area (Å²) >= 11 is -1.22. The highest BCUT2D eigenvalue weighted by molar-refractivity contribution is 7.90. The summed E-state index contributed by atoms with van der Waals surface area (Å²) in [7, 11) is 1.66. The highest BCUT2D eigenvalue weighted by Gasteiger charge is 2.33. The van der Waals surface area contributed by atoms with Gasteiger partial charge in [0, 0.05) is 36.8 Å². The Labute approximate surface area is 165 Å². The molecular formula is C21H30N2O3S. The second-order valence-corrected chi connectivity index (χ2v) is 9.40. The molecule has 6 heteroatoms. The summed E-state index contributed by atoms with van der Waals surface area (Å²) in [5.74, 6) is 0. The Morgan fingerprint density at radius 3 is 2.41 bits per heavy atom. The van der Waals surface area contributed by atoms with Crippen molar-refractivity contribution in [1.82, 2.24) is 9.71 Å². The van der Waals surface area contributed by atoms with Crippen molar-refractivity contribution in [3.63, 3.8) is 0 Å². The average molecular weight is 391 g/mol. The molecule has 1 heterocycles. The van der Waals surface area contributed by atoms with E-state index in [1.165, 1.54) is 0 Å². The van der Waals surface area contributed by atoms with Gasteiger partial charge in [-0.15, -0.1) is 4.72 Å². The number of pyridine rings is 1. The summed E-state index contributed by atoms with van der Waals surface area (Å²) < 4.78 is 27.1. The summed E-state index contributed by atoms with van der Waals surface area (Å²) in [6, 6.07) is 15.6. The van der Waals surface area contributed by atoms with Crippen molar-refractivity contribution < 1.29 is 14.0 Å². The second-order valence-electron chi connectivity index (χ2n) is 7.41. The first kappa shape index (κ1) is 21.9. The van der Waals surface area contributed by atoms with Crippen LogP contribution in [0.5, 0.6) is 0 Å². The molecule has 148 valence electrons. The van der Waals surface area contributed by atoms with Crippen molar-refractivity contribution in [2.24, 2.45) is 0 Å². The largest absolute Gasteiger partial charge is 0.598 e. The molecule has 3 atom stereocenters.